The van der Waals surface area contributed by atoms with Crippen molar-refractivity contribution in [2.24, 2.45) is 5.92 Å². The average molecular weight is 338 g/mol. The molecule has 0 spiro atoms. The number of hydrogen-bond donors (Lipinski definition) is 0. The molecule has 1 aromatic heterocycles. The van der Waals surface area contributed by atoms with Gasteiger partial charge in [-0.05, 0) is 37.3 Å². The summed E-state index contributed by atoms with van der Waals surface area (Å²) < 4.78 is 32.3. The lowest BCUT2D eigenvalue weighted by Gasteiger charge is -2.26. The van der Waals surface area contributed by atoms with Gasteiger partial charge in [-0.1, -0.05) is 0 Å². The van der Waals surface area contributed by atoms with Crippen molar-refractivity contribution in [2.75, 3.05) is 26.8 Å². The van der Waals surface area contributed by atoms with Crippen LogP contribution in [0.2, 0.25) is 0 Å². The smallest absolute Gasteiger partial charge is 0.252 e. The fourth-order valence-corrected chi connectivity index (χ4v) is 5.56. The molecule has 1 aliphatic heterocycles. The predicted octanol–water partition coefficient (Wildman–Crippen LogP) is 2.84. The van der Waals surface area contributed by atoms with E-state index in [-0.39, 0.29) is 0 Å². The Labute approximate surface area is 129 Å². The van der Waals surface area contributed by atoms with Crippen LogP contribution >= 0.6 is 22.9 Å². The fourth-order valence-electron chi connectivity index (χ4n) is 2.29. The maximum absolute atomic E-state index is 12.5. The molecule has 1 aromatic rings. The van der Waals surface area contributed by atoms with E-state index in [1.54, 1.807) is 13.1 Å². The van der Waals surface area contributed by atoms with Gasteiger partial charge in [-0.2, -0.15) is 4.31 Å². The normalized spacial score (nSPS) is 17.8. The van der Waals surface area contributed by atoms with Crippen molar-refractivity contribution in [3.8, 4) is 0 Å². The minimum Gasteiger partial charge on any atom is -0.381 e. The lowest BCUT2D eigenvalue weighted by atomic mass is 10.0. The van der Waals surface area contributed by atoms with Crippen LogP contribution in [0.25, 0.3) is 0 Å². The molecule has 0 saturated carbocycles. The molecule has 7 heteroatoms. The van der Waals surface area contributed by atoms with E-state index in [9.17, 15) is 8.42 Å². The summed E-state index contributed by atoms with van der Waals surface area (Å²) in [6.07, 6.45) is 1.85. The number of nitrogens with zero attached hydrogens (tertiary/aromatic N) is 1. The minimum absolute atomic E-state index is 0.357. The third-order valence-electron chi connectivity index (χ3n) is 3.64. The summed E-state index contributed by atoms with van der Waals surface area (Å²) in [6, 6.07) is 1.72. The van der Waals surface area contributed by atoms with Gasteiger partial charge in [0.05, 0.1) is 5.88 Å². The van der Waals surface area contributed by atoms with Crippen molar-refractivity contribution in [3.05, 3.63) is 16.5 Å². The Morgan fingerprint density at radius 2 is 2.10 bits per heavy atom. The molecule has 1 saturated heterocycles. The third kappa shape index (κ3) is 3.54. The van der Waals surface area contributed by atoms with Crippen LogP contribution in [0.4, 0.5) is 0 Å². The van der Waals surface area contributed by atoms with E-state index in [0.717, 1.165) is 36.5 Å². The third-order valence-corrected chi connectivity index (χ3v) is 7.58. The lowest BCUT2D eigenvalue weighted by Crippen LogP contribution is -2.33. The van der Waals surface area contributed by atoms with Crippen LogP contribution in [0.15, 0.2) is 10.3 Å². The number of ether oxygens (including phenoxy) is 1. The van der Waals surface area contributed by atoms with E-state index < -0.39 is 10.0 Å². The summed E-state index contributed by atoms with van der Waals surface area (Å²) in [4.78, 5) is 0.921. The highest BCUT2D eigenvalue weighted by Crippen LogP contribution is 2.30. The van der Waals surface area contributed by atoms with Gasteiger partial charge in [-0.3, -0.25) is 0 Å². The lowest BCUT2D eigenvalue weighted by molar-refractivity contribution is 0.0620. The first-order chi connectivity index (χ1) is 9.45. The Hall–Kier alpha value is -0.140. The van der Waals surface area contributed by atoms with Gasteiger partial charge < -0.3 is 4.74 Å². The molecule has 0 atom stereocenters. The molecule has 1 aliphatic rings. The van der Waals surface area contributed by atoms with Crippen LogP contribution in [0.3, 0.4) is 0 Å². The molecule has 4 nitrogen and oxygen atoms in total. The molecule has 1 fully saturated rings. The maximum atomic E-state index is 12.5. The van der Waals surface area contributed by atoms with Gasteiger partial charge in [0.25, 0.3) is 10.0 Å². The van der Waals surface area contributed by atoms with Gasteiger partial charge in [-0.15, -0.1) is 22.9 Å². The van der Waals surface area contributed by atoms with Crippen molar-refractivity contribution in [1.29, 1.82) is 0 Å². The fraction of sp³-hybridized carbons (Fsp3) is 0.692. The van der Waals surface area contributed by atoms with Crippen LogP contribution in [-0.2, 0) is 20.6 Å². The molecular weight excluding hydrogens is 318 g/mol. The summed E-state index contributed by atoms with van der Waals surface area (Å²) in [6.45, 7) is 3.91. The van der Waals surface area contributed by atoms with Crippen LogP contribution in [0.5, 0.6) is 0 Å². The molecule has 114 valence electrons. The van der Waals surface area contributed by atoms with Crippen molar-refractivity contribution in [3.63, 3.8) is 0 Å². The molecule has 2 heterocycles. The Morgan fingerprint density at radius 1 is 1.45 bits per heavy atom. The minimum atomic E-state index is -3.40. The second-order valence-electron chi connectivity index (χ2n) is 5.15. The number of aryl methyl sites for hydroxylation is 1. The quantitative estimate of drug-likeness (QED) is 0.776. The number of rotatable bonds is 5. The first kappa shape index (κ1) is 16.2. The summed E-state index contributed by atoms with van der Waals surface area (Å²) in [7, 11) is -1.74. The molecule has 0 aromatic carbocycles. The maximum Gasteiger partial charge on any atom is 0.252 e. The number of alkyl halides is 1. The number of hydrogen-bond acceptors (Lipinski definition) is 4. The molecule has 0 amide bonds. The Bertz CT molecular complexity index is 550. The number of thiophene rings is 1. The molecule has 0 radical (unpaired) electrons. The van der Waals surface area contributed by atoms with Crippen LogP contribution in [-0.4, -0.2) is 39.5 Å². The van der Waals surface area contributed by atoms with Crippen molar-refractivity contribution in [2.45, 2.75) is 29.9 Å². The second kappa shape index (κ2) is 6.75. The first-order valence-electron chi connectivity index (χ1n) is 6.64. The summed E-state index contributed by atoms with van der Waals surface area (Å²) in [5.74, 6) is 0.743. The van der Waals surface area contributed by atoms with E-state index in [4.69, 9.17) is 16.3 Å². The molecular formula is C13H20ClNO3S2. The van der Waals surface area contributed by atoms with Gasteiger partial charge in [-0.25, -0.2) is 8.42 Å². The van der Waals surface area contributed by atoms with Gasteiger partial charge in [0.1, 0.15) is 4.21 Å². The van der Waals surface area contributed by atoms with Crippen molar-refractivity contribution in [1.82, 2.24) is 4.31 Å². The highest BCUT2D eigenvalue weighted by atomic mass is 35.5. The average Bonchev–Trinajstić information content (AvgIpc) is 2.81. The molecule has 0 bridgehead atoms. The summed E-state index contributed by atoms with van der Waals surface area (Å²) in [5.41, 5.74) is 0.947. The predicted molar refractivity (Wildman–Crippen MR) is 82.0 cm³/mol. The van der Waals surface area contributed by atoms with E-state index in [1.165, 1.54) is 15.6 Å². The van der Waals surface area contributed by atoms with Gasteiger partial charge in [0.2, 0.25) is 0 Å². The van der Waals surface area contributed by atoms with Crippen LogP contribution in [0, 0.1) is 12.8 Å². The number of sulfonamides is 1. The van der Waals surface area contributed by atoms with E-state index in [0.29, 0.717) is 22.6 Å². The van der Waals surface area contributed by atoms with Crippen molar-refractivity contribution >= 4 is 33.0 Å². The zero-order chi connectivity index (χ0) is 14.8. The second-order valence-corrected chi connectivity index (χ2v) is 8.82. The Balaban J connectivity index is 2.11. The van der Waals surface area contributed by atoms with Gasteiger partial charge >= 0.3 is 0 Å². The topological polar surface area (TPSA) is 46.6 Å². The Morgan fingerprint density at radius 3 is 2.65 bits per heavy atom. The first-order valence-corrected chi connectivity index (χ1v) is 9.43. The zero-order valence-electron chi connectivity index (χ0n) is 11.8. The van der Waals surface area contributed by atoms with E-state index in [2.05, 4.69) is 0 Å². The highest BCUT2D eigenvalue weighted by molar-refractivity contribution is 7.91. The summed E-state index contributed by atoms with van der Waals surface area (Å²) in [5, 5.41) is 0. The van der Waals surface area contributed by atoms with Crippen LogP contribution < -0.4 is 0 Å². The monoisotopic (exact) mass is 337 g/mol. The van der Waals surface area contributed by atoms with E-state index in [1.807, 2.05) is 6.92 Å². The van der Waals surface area contributed by atoms with Crippen molar-refractivity contribution < 1.29 is 13.2 Å². The van der Waals surface area contributed by atoms with Gasteiger partial charge in [0, 0.05) is 31.7 Å². The largest absolute Gasteiger partial charge is 0.381 e. The highest BCUT2D eigenvalue weighted by Gasteiger charge is 2.27. The SMILES string of the molecule is Cc1cc(S(=O)(=O)N(C)CC2CCOCC2)sc1CCl. The molecule has 0 unspecified atom stereocenters. The standard InChI is InChI=1S/C13H20ClNO3S2/c1-10-7-13(19-12(10)8-14)20(16,17)15(2)9-11-3-5-18-6-4-11/h7,11H,3-6,8-9H2,1-2H3. The van der Waals surface area contributed by atoms with Crippen LogP contribution in [0.1, 0.15) is 23.3 Å². The number of halogens is 1. The summed E-state index contributed by atoms with van der Waals surface area (Å²) >= 11 is 7.09. The molecule has 0 aliphatic carbocycles. The zero-order valence-corrected chi connectivity index (χ0v) is 14.2. The van der Waals surface area contributed by atoms with Gasteiger partial charge in [0.15, 0.2) is 0 Å². The molecule has 0 N–H and O–H groups in total. The molecule has 2 rings (SSSR count). The van der Waals surface area contributed by atoms with E-state index >= 15 is 0 Å². The Kier molecular flexibility index (Phi) is 5.48. The molecule has 20 heavy (non-hydrogen) atoms.